The molecule has 0 fully saturated rings. The van der Waals surface area contributed by atoms with Crippen molar-refractivity contribution in [2.45, 2.75) is 19.8 Å². The second-order valence-electron chi connectivity index (χ2n) is 6.21. The fourth-order valence-electron chi connectivity index (χ4n) is 3.16. The van der Waals surface area contributed by atoms with Crippen LogP contribution in [0.25, 0.3) is 21.8 Å². The van der Waals surface area contributed by atoms with Crippen molar-refractivity contribution in [1.82, 2.24) is 4.98 Å². The summed E-state index contributed by atoms with van der Waals surface area (Å²) in [5, 5.41) is 2.26. The Morgan fingerprint density at radius 2 is 1.68 bits per heavy atom. The SMILES string of the molecule is CCCc1ccc(OC(=O)c2ccc3c(c2)[nH]c2ccccc23)cc1. The number of rotatable bonds is 4. The van der Waals surface area contributed by atoms with E-state index in [1.54, 1.807) is 0 Å². The lowest BCUT2D eigenvalue weighted by molar-refractivity contribution is 0.0735. The number of aryl methyl sites for hydroxylation is 1. The van der Waals surface area contributed by atoms with Crippen LogP contribution in [-0.2, 0) is 6.42 Å². The van der Waals surface area contributed by atoms with Crippen molar-refractivity contribution in [2.75, 3.05) is 0 Å². The number of hydrogen-bond donors (Lipinski definition) is 1. The number of aromatic nitrogens is 1. The lowest BCUT2D eigenvalue weighted by Gasteiger charge is -2.06. The molecule has 0 amide bonds. The third-order valence-corrected chi connectivity index (χ3v) is 4.41. The first-order valence-corrected chi connectivity index (χ1v) is 8.56. The summed E-state index contributed by atoms with van der Waals surface area (Å²) in [6.45, 7) is 2.15. The van der Waals surface area contributed by atoms with Crippen LogP contribution in [0.5, 0.6) is 5.75 Å². The molecular formula is C22H19NO2. The van der Waals surface area contributed by atoms with Gasteiger partial charge in [-0.05, 0) is 42.3 Å². The number of nitrogens with one attached hydrogen (secondary N) is 1. The number of benzene rings is 3. The van der Waals surface area contributed by atoms with Gasteiger partial charge in [0, 0.05) is 21.8 Å². The van der Waals surface area contributed by atoms with Crippen LogP contribution in [0.4, 0.5) is 0 Å². The number of H-pyrrole nitrogens is 1. The summed E-state index contributed by atoms with van der Waals surface area (Å²) in [5.74, 6) is 0.227. The van der Waals surface area contributed by atoms with E-state index in [9.17, 15) is 4.79 Å². The van der Waals surface area contributed by atoms with Crippen LogP contribution in [0.3, 0.4) is 0 Å². The van der Waals surface area contributed by atoms with E-state index < -0.39 is 0 Å². The first-order valence-electron chi connectivity index (χ1n) is 8.56. The first-order chi connectivity index (χ1) is 12.2. The van der Waals surface area contributed by atoms with Gasteiger partial charge in [0.05, 0.1) is 5.56 Å². The van der Waals surface area contributed by atoms with Crippen molar-refractivity contribution in [2.24, 2.45) is 0 Å². The molecule has 0 spiro atoms. The van der Waals surface area contributed by atoms with Gasteiger partial charge in [0.2, 0.25) is 0 Å². The van der Waals surface area contributed by atoms with Crippen LogP contribution in [-0.4, -0.2) is 11.0 Å². The highest BCUT2D eigenvalue weighted by atomic mass is 16.5. The average Bonchev–Trinajstić information content (AvgIpc) is 3.01. The van der Waals surface area contributed by atoms with Gasteiger partial charge >= 0.3 is 5.97 Å². The molecule has 3 aromatic carbocycles. The molecule has 0 atom stereocenters. The molecule has 0 saturated carbocycles. The lowest BCUT2D eigenvalue weighted by Crippen LogP contribution is -2.08. The zero-order valence-corrected chi connectivity index (χ0v) is 14.1. The second-order valence-corrected chi connectivity index (χ2v) is 6.21. The molecule has 1 heterocycles. The lowest BCUT2D eigenvalue weighted by atomic mass is 10.1. The van der Waals surface area contributed by atoms with Crippen molar-refractivity contribution in [3.63, 3.8) is 0 Å². The fourth-order valence-corrected chi connectivity index (χ4v) is 3.16. The number of carbonyl (C=O) groups is 1. The number of para-hydroxylation sites is 1. The van der Waals surface area contributed by atoms with Crippen LogP contribution in [0.2, 0.25) is 0 Å². The molecule has 0 bridgehead atoms. The van der Waals surface area contributed by atoms with Crippen molar-refractivity contribution in [3.05, 3.63) is 77.9 Å². The van der Waals surface area contributed by atoms with Crippen molar-refractivity contribution < 1.29 is 9.53 Å². The Balaban J connectivity index is 1.60. The number of fused-ring (bicyclic) bond motifs is 3. The zero-order valence-electron chi connectivity index (χ0n) is 14.1. The van der Waals surface area contributed by atoms with Crippen LogP contribution in [0, 0.1) is 0 Å². The molecule has 0 aliphatic rings. The summed E-state index contributed by atoms with van der Waals surface area (Å²) in [6.07, 6.45) is 2.13. The number of esters is 1. The molecule has 0 aliphatic heterocycles. The smallest absolute Gasteiger partial charge is 0.343 e. The van der Waals surface area contributed by atoms with Gasteiger partial charge in [-0.1, -0.05) is 49.7 Å². The monoisotopic (exact) mass is 329 g/mol. The van der Waals surface area contributed by atoms with Gasteiger partial charge < -0.3 is 9.72 Å². The van der Waals surface area contributed by atoms with Crippen molar-refractivity contribution in [3.8, 4) is 5.75 Å². The highest BCUT2D eigenvalue weighted by Gasteiger charge is 2.11. The molecule has 0 saturated heterocycles. The molecule has 4 aromatic rings. The standard InChI is InChI=1S/C22H19NO2/c1-2-5-15-8-11-17(12-9-15)25-22(24)16-10-13-19-18-6-3-4-7-20(18)23-21(19)14-16/h3-4,6-14,23H,2,5H2,1H3. The van der Waals surface area contributed by atoms with Gasteiger partial charge in [-0.3, -0.25) is 0 Å². The molecule has 3 heteroatoms. The van der Waals surface area contributed by atoms with E-state index in [0.717, 1.165) is 34.6 Å². The maximum absolute atomic E-state index is 12.4. The topological polar surface area (TPSA) is 42.1 Å². The minimum atomic E-state index is -0.344. The molecule has 4 rings (SSSR count). The minimum Gasteiger partial charge on any atom is -0.423 e. The molecule has 1 N–H and O–H groups in total. The average molecular weight is 329 g/mol. The van der Waals surface area contributed by atoms with Crippen LogP contribution < -0.4 is 4.74 Å². The number of hydrogen-bond acceptors (Lipinski definition) is 2. The second kappa shape index (κ2) is 6.44. The molecule has 25 heavy (non-hydrogen) atoms. The van der Waals surface area contributed by atoms with E-state index in [1.807, 2.05) is 60.7 Å². The Labute approximate surface area is 146 Å². The predicted molar refractivity (Wildman–Crippen MR) is 101 cm³/mol. The van der Waals surface area contributed by atoms with E-state index in [1.165, 1.54) is 5.56 Å². The Morgan fingerprint density at radius 3 is 2.48 bits per heavy atom. The summed E-state index contributed by atoms with van der Waals surface area (Å²) >= 11 is 0. The van der Waals surface area contributed by atoms with Crippen LogP contribution in [0.15, 0.2) is 66.7 Å². The zero-order chi connectivity index (χ0) is 17.2. The maximum Gasteiger partial charge on any atom is 0.343 e. The summed E-state index contributed by atoms with van der Waals surface area (Å²) in [4.78, 5) is 15.8. The third-order valence-electron chi connectivity index (χ3n) is 4.41. The molecular weight excluding hydrogens is 310 g/mol. The third kappa shape index (κ3) is 3.01. The summed E-state index contributed by atoms with van der Waals surface area (Å²) in [6, 6.07) is 21.5. The van der Waals surface area contributed by atoms with Crippen molar-refractivity contribution >= 4 is 27.8 Å². The summed E-state index contributed by atoms with van der Waals surface area (Å²) < 4.78 is 5.50. The van der Waals surface area contributed by atoms with Gasteiger partial charge in [-0.25, -0.2) is 4.79 Å². The molecule has 1 aromatic heterocycles. The molecule has 0 unspecified atom stereocenters. The quantitative estimate of drug-likeness (QED) is 0.397. The highest BCUT2D eigenvalue weighted by Crippen LogP contribution is 2.26. The molecule has 124 valence electrons. The Hall–Kier alpha value is -3.07. The normalized spacial score (nSPS) is 11.1. The molecule has 0 aliphatic carbocycles. The molecule has 0 radical (unpaired) electrons. The molecule has 3 nitrogen and oxygen atoms in total. The van der Waals surface area contributed by atoms with Crippen molar-refractivity contribution in [1.29, 1.82) is 0 Å². The largest absolute Gasteiger partial charge is 0.423 e. The van der Waals surface area contributed by atoms with E-state index in [2.05, 4.69) is 18.0 Å². The summed E-state index contributed by atoms with van der Waals surface area (Å²) in [7, 11) is 0. The predicted octanol–water partition coefficient (Wildman–Crippen LogP) is 5.49. The highest BCUT2D eigenvalue weighted by molar-refractivity contribution is 6.09. The van der Waals surface area contributed by atoms with E-state index in [4.69, 9.17) is 4.74 Å². The number of carbonyl (C=O) groups excluding carboxylic acids is 1. The van der Waals surface area contributed by atoms with Gasteiger partial charge in [-0.2, -0.15) is 0 Å². The fraction of sp³-hybridized carbons (Fsp3) is 0.136. The van der Waals surface area contributed by atoms with E-state index in [0.29, 0.717) is 11.3 Å². The number of ether oxygens (including phenoxy) is 1. The maximum atomic E-state index is 12.4. The van der Waals surface area contributed by atoms with Gasteiger partial charge in [0.25, 0.3) is 0 Å². The number of aromatic amines is 1. The van der Waals surface area contributed by atoms with Gasteiger partial charge in [-0.15, -0.1) is 0 Å². The Bertz CT molecular complexity index is 1040. The van der Waals surface area contributed by atoms with Crippen LogP contribution in [0.1, 0.15) is 29.3 Å². The van der Waals surface area contributed by atoms with E-state index >= 15 is 0 Å². The summed E-state index contributed by atoms with van der Waals surface area (Å²) in [5.41, 5.74) is 3.79. The Kier molecular flexibility index (Phi) is 3.98. The van der Waals surface area contributed by atoms with Gasteiger partial charge in [0.1, 0.15) is 5.75 Å². The first kappa shape index (κ1) is 15.5. The Morgan fingerprint density at radius 1 is 0.920 bits per heavy atom. The minimum absolute atomic E-state index is 0.344. The van der Waals surface area contributed by atoms with Crippen LogP contribution >= 0.6 is 0 Å². The van der Waals surface area contributed by atoms with Gasteiger partial charge in [0.15, 0.2) is 0 Å². The van der Waals surface area contributed by atoms with E-state index in [-0.39, 0.29) is 5.97 Å².